The van der Waals surface area contributed by atoms with Gasteiger partial charge in [-0.1, -0.05) is 61.7 Å². The van der Waals surface area contributed by atoms with E-state index >= 15 is 0 Å². The van der Waals surface area contributed by atoms with Crippen LogP contribution in [0.15, 0.2) is 66.7 Å². The van der Waals surface area contributed by atoms with Crippen molar-refractivity contribution in [3.63, 3.8) is 0 Å². The van der Waals surface area contributed by atoms with Crippen LogP contribution in [0.25, 0.3) is 10.9 Å². The van der Waals surface area contributed by atoms with Crippen LogP contribution in [0.1, 0.15) is 67.2 Å². The Balaban J connectivity index is 1.91. The lowest BCUT2D eigenvalue weighted by Gasteiger charge is -2.39. The molecule has 0 spiro atoms. The van der Waals surface area contributed by atoms with Gasteiger partial charge in [-0.3, -0.25) is 0 Å². The van der Waals surface area contributed by atoms with Crippen LogP contribution in [0.5, 0.6) is 5.88 Å². The first-order chi connectivity index (χ1) is 17.6. The Morgan fingerprint density at radius 3 is 2.32 bits per heavy atom. The molecule has 37 heavy (non-hydrogen) atoms. The molecule has 4 aromatic rings. The Kier molecular flexibility index (Phi) is 8.42. The number of benzene rings is 3. The van der Waals surface area contributed by atoms with Crippen LogP contribution in [0.2, 0.25) is 10.0 Å². The minimum atomic E-state index is -1.16. The van der Waals surface area contributed by atoms with E-state index in [1.807, 2.05) is 55.5 Å². The maximum atomic E-state index is 13.8. The highest BCUT2D eigenvalue weighted by Gasteiger charge is 2.41. The molecule has 0 radical (unpaired) electrons. The molecular formula is C31H32Cl2FNO2. The normalized spacial score (nSPS) is 14.8. The van der Waals surface area contributed by atoms with E-state index in [2.05, 4.69) is 13.8 Å². The standard InChI is InChI=1S/C31H32Cl2FNO2/c1-5-14-31(36,18-20(3)26-12-11-25(34)15-19(26)2)29(21-6-8-23(32)9-7-21)27-17-22-16-24(33)10-13-28(22)35-30(27)37-4/h6-13,15-17,20,29,36H,5,14,18H2,1-4H3. The third-order valence-corrected chi connectivity index (χ3v) is 7.61. The fourth-order valence-electron chi connectivity index (χ4n) is 5.58. The van der Waals surface area contributed by atoms with Crippen molar-refractivity contribution >= 4 is 34.1 Å². The first-order valence-corrected chi connectivity index (χ1v) is 13.3. The van der Waals surface area contributed by atoms with Gasteiger partial charge >= 0.3 is 0 Å². The van der Waals surface area contributed by atoms with Crippen molar-refractivity contribution in [1.29, 1.82) is 0 Å². The van der Waals surface area contributed by atoms with Gasteiger partial charge < -0.3 is 9.84 Å². The number of ether oxygens (including phenoxy) is 1. The van der Waals surface area contributed by atoms with E-state index in [1.54, 1.807) is 19.2 Å². The van der Waals surface area contributed by atoms with E-state index < -0.39 is 11.5 Å². The Hall–Kier alpha value is -2.66. The number of aliphatic hydroxyl groups is 1. The highest BCUT2D eigenvalue weighted by atomic mass is 35.5. The maximum Gasteiger partial charge on any atom is 0.217 e. The molecule has 6 heteroatoms. The van der Waals surface area contributed by atoms with Crippen molar-refractivity contribution in [3.05, 3.63) is 105 Å². The van der Waals surface area contributed by atoms with Crippen molar-refractivity contribution in [2.24, 2.45) is 0 Å². The van der Waals surface area contributed by atoms with Gasteiger partial charge in [0.2, 0.25) is 5.88 Å². The molecule has 1 aromatic heterocycles. The molecule has 3 unspecified atom stereocenters. The van der Waals surface area contributed by atoms with Crippen molar-refractivity contribution in [3.8, 4) is 5.88 Å². The minimum absolute atomic E-state index is 0.0270. The van der Waals surface area contributed by atoms with Crippen molar-refractivity contribution in [1.82, 2.24) is 4.98 Å². The second-order valence-electron chi connectivity index (χ2n) is 9.87. The fourth-order valence-corrected chi connectivity index (χ4v) is 5.89. The van der Waals surface area contributed by atoms with E-state index in [0.717, 1.165) is 39.6 Å². The quantitative estimate of drug-likeness (QED) is 0.231. The minimum Gasteiger partial charge on any atom is -0.481 e. The third kappa shape index (κ3) is 5.93. The molecule has 0 fully saturated rings. The molecule has 0 amide bonds. The van der Waals surface area contributed by atoms with Gasteiger partial charge in [-0.15, -0.1) is 0 Å². The van der Waals surface area contributed by atoms with E-state index in [4.69, 9.17) is 32.9 Å². The van der Waals surface area contributed by atoms with Crippen LogP contribution in [-0.2, 0) is 0 Å². The Morgan fingerprint density at radius 2 is 1.68 bits per heavy atom. The molecule has 0 aliphatic heterocycles. The smallest absolute Gasteiger partial charge is 0.217 e. The van der Waals surface area contributed by atoms with Crippen LogP contribution in [0.4, 0.5) is 4.39 Å². The van der Waals surface area contributed by atoms with Crippen LogP contribution in [-0.4, -0.2) is 22.8 Å². The van der Waals surface area contributed by atoms with E-state index in [0.29, 0.717) is 28.8 Å². The zero-order valence-electron chi connectivity index (χ0n) is 21.6. The largest absolute Gasteiger partial charge is 0.481 e. The summed E-state index contributed by atoms with van der Waals surface area (Å²) < 4.78 is 19.6. The average molecular weight is 541 g/mol. The number of halogens is 3. The second kappa shape index (κ2) is 11.4. The SMILES string of the molecule is CCCC(O)(CC(C)c1ccc(F)cc1C)C(c1ccc(Cl)cc1)c1cc2cc(Cl)ccc2nc1OC. The summed E-state index contributed by atoms with van der Waals surface area (Å²) in [6, 6.07) is 20.0. The van der Waals surface area contributed by atoms with Crippen molar-refractivity contribution in [2.75, 3.05) is 7.11 Å². The number of fused-ring (bicyclic) bond motifs is 1. The zero-order chi connectivity index (χ0) is 26.7. The maximum absolute atomic E-state index is 13.8. The van der Waals surface area contributed by atoms with Gasteiger partial charge in [0.1, 0.15) is 5.82 Å². The summed E-state index contributed by atoms with van der Waals surface area (Å²) in [7, 11) is 1.59. The summed E-state index contributed by atoms with van der Waals surface area (Å²) in [5, 5.41) is 14.6. The predicted molar refractivity (Wildman–Crippen MR) is 151 cm³/mol. The zero-order valence-corrected chi connectivity index (χ0v) is 23.1. The van der Waals surface area contributed by atoms with Gasteiger partial charge in [0, 0.05) is 26.9 Å². The van der Waals surface area contributed by atoms with Crippen molar-refractivity contribution in [2.45, 2.75) is 57.5 Å². The molecule has 3 aromatic carbocycles. The predicted octanol–water partition coefficient (Wildman–Crippen LogP) is 8.85. The highest BCUT2D eigenvalue weighted by molar-refractivity contribution is 6.31. The molecule has 3 atom stereocenters. The number of pyridine rings is 1. The number of rotatable bonds is 9. The Labute approximate surface area is 228 Å². The van der Waals surface area contributed by atoms with Gasteiger partial charge in [0.15, 0.2) is 0 Å². The van der Waals surface area contributed by atoms with Gasteiger partial charge in [-0.25, -0.2) is 9.37 Å². The molecular weight excluding hydrogens is 508 g/mol. The third-order valence-electron chi connectivity index (χ3n) is 7.12. The summed E-state index contributed by atoms with van der Waals surface area (Å²) in [6.45, 7) is 6.05. The lowest BCUT2D eigenvalue weighted by Crippen LogP contribution is -2.39. The van der Waals surface area contributed by atoms with Crippen LogP contribution < -0.4 is 4.74 Å². The van der Waals surface area contributed by atoms with Crippen LogP contribution in [0, 0.1) is 12.7 Å². The van der Waals surface area contributed by atoms with Gasteiger partial charge in [0.05, 0.1) is 18.2 Å². The van der Waals surface area contributed by atoms with Gasteiger partial charge in [-0.05, 0) is 90.9 Å². The summed E-state index contributed by atoms with van der Waals surface area (Å²) in [5.41, 5.74) is 3.16. The summed E-state index contributed by atoms with van der Waals surface area (Å²) in [6.07, 6.45) is 1.77. The van der Waals surface area contributed by atoms with E-state index in [1.165, 1.54) is 6.07 Å². The number of hydrogen-bond acceptors (Lipinski definition) is 3. The Bertz CT molecular complexity index is 1390. The molecule has 1 heterocycles. The van der Waals surface area contributed by atoms with Crippen LogP contribution >= 0.6 is 23.2 Å². The molecule has 0 saturated carbocycles. The summed E-state index contributed by atoms with van der Waals surface area (Å²) in [5.74, 6) is -0.295. The van der Waals surface area contributed by atoms with Gasteiger partial charge in [-0.2, -0.15) is 0 Å². The molecule has 3 nitrogen and oxygen atoms in total. The molecule has 1 N–H and O–H groups in total. The number of nitrogens with zero attached hydrogens (tertiary/aromatic N) is 1. The molecule has 0 bridgehead atoms. The topological polar surface area (TPSA) is 42.4 Å². The summed E-state index contributed by atoms with van der Waals surface area (Å²) >= 11 is 12.6. The molecule has 4 rings (SSSR count). The van der Waals surface area contributed by atoms with E-state index in [-0.39, 0.29) is 11.7 Å². The fraction of sp³-hybridized carbons (Fsp3) is 0.323. The first kappa shape index (κ1) is 27.4. The molecule has 0 aliphatic carbocycles. The second-order valence-corrected chi connectivity index (χ2v) is 10.7. The van der Waals surface area contributed by atoms with Crippen molar-refractivity contribution < 1.29 is 14.2 Å². The monoisotopic (exact) mass is 539 g/mol. The highest BCUT2D eigenvalue weighted by Crippen LogP contribution is 2.47. The summed E-state index contributed by atoms with van der Waals surface area (Å²) in [4.78, 5) is 4.77. The number of methoxy groups -OCH3 is 1. The van der Waals surface area contributed by atoms with Crippen LogP contribution in [0.3, 0.4) is 0 Å². The molecule has 0 saturated heterocycles. The lowest BCUT2D eigenvalue weighted by atomic mass is 9.70. The Morgan fingerprint density at radius 1 is 0.973 bits per heavy atom. The van der Waals surface area contributed by atoms with E-state index in [9.17, 15) is 9.50 Å². The number of aryl methyl sites for hydroxylation is 1. The molecule has 0 aliphatic rings. The number of aromatic nitrogens is 1. The number of hydrogen-bond donors (Lipinski definition) is 1. The lowest BCUT2D eigenvalue weighted by molar-refractivity contribution is -0.00000153. The first-order valence-electron chi connectivity index (χ1n) is 12.5. The average Bonchev–Trinajstić information content (AvgIpc) is 2.84. The van der Waals surface area contributed by atoms with Gasteiger partial charge in [0.25, 0.3) is 0 Å². The molecule has 194 valence electrons.